The highest BCUT2D eigenvalue weighted by molar-refractivity contribution is 5.42. The molecule has 0 aromatic heterocycles. The van der Waals surface area contributed by atoms with E-state index in [4.69, 9.17) is 9.47 Å². The molecule has 0 aliphatic heterocycles. The summed E-state index contributed by atoms with van der Waals surface area (Å²) in [5.74, 6) is 1.73. The molecular formula is C23H41NO2. The van der Waals surface area contributed by atoms with E-state index in [9.17, 15) is 0 Å². The second-order valence-electron chi connectivity index (χ2n) is 7.40. The summed E-state index contributed by atoms with van der Waals surface area (Å²) in [6.45, 7) is 7.40. The average Bonchev–Trinajstić information content (AvgIpc) is 2.65. The fourth-order valence-electron chi connectivity index (χ4n) is 3.19. The first-order valence-corrected chi connectivity index (χ1v) is 10.7. The second-order valence-corrected chi connectivity index (χ2v) is 7.40. The maximum absolute atomic E-state index is 5.95. The topological polar surface area (TPSA) is 21.7 Å². The Morgan fingerprint density at radius 2 is 1.46 bits per heavy atom. The fraction of sp³-hybridized carbons (Fsp3) is 0.739. The zero-order valence-electron chi connectivity index (χ0n) is 17.7. The molecule has 0 radical (unpaired) electrons. The minimum Gasteiger partial charge on any atom is -0.493 e. The van der Waals surface area contributed by atoms with Gasteiger partial charge in [0.2, 0.25) is 0 Å². The third-order valence-electron chi connectivity index (χ3n) is 4.83. The quantitative estimate of drug-likeness (QED) is 0.315. The summed E-state index contributed by atoms with van der Waals surface area (Å²) >= 11 is 0. The highest BCUT2D eigenvalue weighted by Crippen LogP contribution is 2.28. The van der Waals surface area contributed by atoms with Crippen molar-refractivity contribution in [3.8, 4) is 11.5 Å². The number of rotatable bonds is 16. The van der Waals surface area contributed by atoms with Gasteiger partial charge in [-0.2, -0.15) is 0 Å². The van der Waals surface area contributed by atoms with Gasteiger partial charge >= 0.3 is 0 Å². The summed E-state index contributed by atoms with van der Waals surface area (Å²) in [4.78, 5) is 2.39. The molecule has 0 heterocycles. The van der Waals surface area contributed by atoms with E-state index in [0.29, 0.717) is 0 Å². The van der Waals surface area contributed by atoms with Gasteiger partial charge < -0.3 is 14.4 Å². The van der Waals surface area contributed by atoms with Gasteiger partial charge in [0.25, 0.3) is 0 Å². The Morgan fingerprint density at radius 3 is 2.15 bits per heavy atom. The van der Waals surface area contributed by atoms with Crippen LogP contribution in [-0.2, 0) is 6.54 Å². The molecule has 0 spiro atoms. The van der Waals surface area contributed by atoms with Crippen molar-refractivity contribution in [3.05, 3.63) is 23.8 Å². The van der Waals surface area contributed by atoms with Crippen LogP contribution in [0.4, 0.5) is 0 Å². The summed E-state index contributed by atoms with van der Waals surface area (Å²) in [7, 11) is 3.92. The van der Waals surface area contributed by atoms with Crippen LogP contribution in [0, 0.1) is 0 Å². The zero-order valence-corrected chi connectivity index (χ0v) is 17.7. The predicted molar refractivity (Wildman–Crippen MR) is 112 cm³/mol. The van der Waals surface area contributed by atoms with Crippen molar-refractivity contribution in [2.24, 2.45) is 0 Å². The van der Waals surface area contributed by atoms with E-state index in [-0.39, 0.29) is 0 Å². The monoisotopic (exact) mass is 363 g/mol. The third kappa shape index (κ3) is 10.1. The molecule has 0 aliphatic rings. The van der Waals surface area contributed by atoms with Gasteiger partial charge in [-0.05, 0) is 44.1 Å². The normalized spacial score (nSPS) is 11.1. The lowest BCUT2D eigenvalue weighted by Gasteiger charge is -2.18. The largest absolute Gasteiger partial charge is 0.493 e. The molecule has 1 rings (SSSR count). The predicted octanol–water partition coefficient (Wildman–Crippen LogP) is 6.45. The van der Waals surface area contributed by atoms with E-state index in [1.807, 2.05) is 0 Å². The van der Waals surface area contributed by atoms with Crippen LogP contribution in [0.25, 0.3) is 0 Å². The van der Waals surface area contributed by atoms with Crippen LogP contribution < -0.4 is 9.47 Å². The first-order chi connectivity index (χ1) is 12.7. The Labute approximate surface area is 162 Å². The van der Waals surface area contributed by atoms with E-state index in [2.05, 4.69) is 44.0 Å². The maximum Gasteiger partial charge on any atom is 0.161 e. The number of hydrogen-bond acceptors (Lipinski definition) is 3. The van der Waals surface area contributed by atoms with Crippen LogP contribution >= 0.6 is 0 Å². The van der Waals surface area contributed by atoms with E-state index in [1.165, 1.54) is 63.4 Å². The first kappa shape index (κ1) is 22.8. The van der Waals surface area contributed by atoms with Crippen LogP contribution in [-0.4, -0.2) is 32.2 Å². The Balaban J connectivity index is 2.36. The summed E-state index contributed by atoms with van der Waals surface area (Å²) in [5.41, 5.74) is 1.28. The maximum atomic E-state index is 5.95. The molecule has 0 aliphatic carbocycles. The van der Waals surface area contributed by atoms with Crippen LogP contribution in [0.3, 0.4) is 0 Å². The number of benzene rings is 1. The lowest BCUT2D eigenvalue weighted by Crippen LogP contribution is -2.19. The van der Waals surface area contributed by atoms with Crippen LogP contribution in [0.1, 0.15) is 83.6 Å². The molecule has 26 heavy (non-hydrogen) atoms. The van der Waals surface area contributed by atoms with Gasteiger partial charge in [-0.15, -0.1) is 0 Å². The molecule has 0 bridgehead atoms. The summed E-state index contributed by atoms with van der Waals surface area (Å²) in [6, 6.07) is 6.36. The number of unbranched alkanes of at least 4 members (excludes halogenated alkanes) is 8. The van der Waals surface area contributed by atoms with E-state index in [0.717, 1.165) is 37.6 Å². The smallest absolute Gasteiger partial charge is 0.161 e. The summed E-state index contributed by atoms with van der Waals surface area (Å²) in [5, 5.41) is 0. The molecule has 0 fully saturated rings. The van der Waals surface area contributed by atoms with Crippen LogP contribution in [0.15, 0.2) is 18.2 Å². The summed E-state index contributed by atoms with van der Waals surface area (Å²) < 4.78 is 11.5. The molecule has 0 N–H and O–H groups in total. The van der Waals surface area contributed by atoms with Crippen LogP contribution in [0.2, 0.25) is 0 Å². The van der Waals surface area contributed by atoms with Crippen LogP contribution in [0.5, 0.6) is 11.5 Å². The fourth-order valence-corrected chi connectivity index (χ4v) is 3.19. The number of hydrogen-bond donors (Lipinski definition) is 0. The van der Waals surface area contributed by atoms with Crippen molar-refractivity contribution in [1.82, 2.24) is 4.90 Å². The lowest BCUT2D eigenvalue weighted by atomic mass is 10.1. The Morgan fingerprint density at radius 1 is 0.808 bits per heavy atom. The van der Waals surface area contributed by atoms with Gasteiger partial charge in [0.15, 0.2) is 11.5 Å². The third-order valence-corrected chi connectivity index (χ3v) is 4.83. The number of ether oxygens (including phenoxy) is 2. The van der Waals surface area contributed by atoms with Crippen molar-refractivity contribution in [2.45, 2.75) is 84.6 Å². The standard InChI is InChI=1S/C23H41NO2/c1-5-7-9-11-12-14-18-26-22-16-15-21(19-23(22)25-4)20-24(3)17-13-10-8-6-2/h15-16,19H,5-14,17-18,20H2,1-4H3. The van der Waals surface area contributed by atoms with Gasteiger partial charge in [-0.25, -0.2) is 0 Å². The zero-order chi connectivity index (χ0) is 19.0. The Kier molecular flexibility index (Phi) is 13.1. The molecule has 1 aromatic carbocycles. The molecule has 150 valence electrons. The molecule has 0 saturated heterocycles. The van der Waals surface area contributed by atoms with E-state index < -0.39 is 0 Å². The summed E-state index contributed by atoms with van der Waals surface area (Å²) in [6.07, 6.45) is 12.9. The van der Waals surface area contributed by atoms with Crippen molar-refractivity contribution in [3.63, 3.8) is 0 Å². The van der Waals surface area contributed by atoms with Gasteiger partial charge in [-0.1, -0.05) is 71.3 Å². The first-order valence-electron chi connectivity index (χ1n) is 10.7. The van der Waals surface area contributed by atoms with Crippen molar-refractivity contribution in [1.29, 1.82) is 0 Å². The molecule has 0 amide bonds. The average molecular weight is 364 g/mol. The molecule has 3 nitrogen and oxygen atoms in total. The van der Waals surface area contributed by atoms with Crippen molar-refractivity contribution < 1.29 is 9.47 Å². The van der Waals surface area contributed by atoms with Gasteiger partial charge in [0, 0.05) is 6.54 Å². The molecule has 1 aromatic rings. The minimum atomic E-state index is 0.777. The molecule has 0 saturated carbocycles. The number of methoxy groups -OCH3 is 1. The van der Waals surface area contributed by atoms with E-state index in [1.54, 1.807) is 7.11 Å². The van der Waals surface area contributed by atoms with Gasteiger partial charge in [0.1, 0.15) is 0 Å². The minimum absolute atomic E-state index is 0.777. The van der Waals surface area contributed by atoms with Gasteiger partial charge in [0.05, 0.1) is 13.7 Å². The van der Waals surface area contributed by atoms with Crippen molar-refractivity contribution >= 4 is 0 Å². The van der Waals surface area contributed by atoms with Crippen molar-refractivity contribution in [2.75, 3.05) is 27.3 Å². The SMILES string of the molecule is CCCCCCCCOc1ccc(CN(C)CCCCCC)cc1OC. The molecule has 3 heteroatoms. The highest BCUT2D eigenvalue weighted by atomic mass is 16.5. The second kappa shape index (κ2) is 14.9. The molecule has 0 unspecified atom stereocenters. The molecule has 0 atom stereocenters. The van der Waals surface area contributed by atoms with Gasteiger partial charge in [-0.3, -0.25) is 0 Å². The Bertz CT molecular complexity index is 462. The Hall–Kier alpha value is -1.22. The molecular weight excluding hydrogens is 322 g/mol. The lowest BCUT2D eigenvalue weighted by molar-refractivity contribution is 0.283. The number of nitrogens with zero attached hydrogens (tertiary/aromatic N) is 1. The van der Waals surface area contributed by atoms with E-state index >= 15 is 0 Å². The highest BCUT2D eigenvalue weighted by Gasteiger charge is 2.08.